The number of hydrogen-bond acceptors (Lipinski definition) is 2. The molecule has 156 valence electrons. The largest absolute Gasteiger partial charge is 0.406 e. The van der Waals surface area contributed by atoms with E-state index in [1.54, 1.807) is 0 Å². The Bertz CT molecular complexity index is 911. The van der Waals surface area contributed by atoms with Crippen molar-refractivity contribution >= 4 is 18.7 Å². The Morgan fingerprint density at radius 1 is 0.833 bits per heavy atom. The predicted molar refractivity (Wildman–Crippen MR) is 127 cm³/mol. The van der Waals surface area contributed by atoms with E-state index in [1.807, 2.05) is 0 Å². The van der Waals surface area contributed by atoms with Crippen molar-refractivity contribution in [2.45, 2.75) is 37.6 Å². The smallest absolute Gasteiger partial charge is 0.261 e. The number of aliphatic hydroxyl groups excluding tert-OH is 1. The number of rotatable bonds is 7. The average Bonchev–Trinajstić information content (AvgIpc) is 3.50. The predicted octanol–water partition coefficient (Wildman–Crippen LogP) is 4.51. The highest BCUT2D eigenvalue weighted by atomic mass is 28.4. The third-order valence-electron chi connectivity index (χ3n) is 6.76. The van der Waals surface area contributed by atoms with Gasteiger partial charge in [-0.1, -0.05) is 112 Å². The van der Waals surface area contributed by atoms with Crippen LogP contribution in [0.15, 0.2) is 91.0 Å². The van der Waals surface area contributed by atoms with Gasteiger partial charge in [-0.25, -0.2) is 0 Å². The lowest BCUT2D eigenvalue weighted by atomic mass is 9.94. The molecule has 1 aliphatic rings. The molecule has 0 saturated heterocycles. The number of hydrogen-bond donors (Lipinski definition) is 1. The maximum Gasteiger partial charge on any atom is 0.261 e. The Labute approximate surface area is 181 Å². The first kappa shape index (κ1) is 21.0. The highest BCUT2D eigenvalue weighted by Gasteiger charge is 2.58. The summed E-state index contributed by atoms with van der Waals surface area (Å²) in [5, 5.41) is 12.5. The second kappa shape index (κ2) is 8.14. The fraction of sp³-hybridized carbons (Fsp3) is 0.333. The van der Waals surface area contributed by atoms with Crippen molar-refractivity contribution in [2.75, 3.05) is 13.2 Å². The van der Waals surface area contributed by atoms with Crippen LogP contribution in [0.2, 0.25) is 5.04 Å². The van der Waals surface area contributed by atoms with Crippen molar-refractivity contribution in [3.05, 3.63) is 96.6 Å². The minimum absolute atomic E-state index is 0.0445. The maximum absolute atomic E-state index is 9.98. The van der Waals surface area contributed by atoms with Gasteiger partial charge in [0.1, 0.15) is 0 Å². The molecule has 1 aliphatic carbocycles. The number of aliphatic hydroxyl groups is 1. The summed E-state index contributed by atoms with van der Waals surface area (Å²) in [7, 11) is -2.58. The monoisotopic (exact) mass is 416 g/mol. The fourth-order valence-electron chi connectivity index (χ4n) is 5.00. The molecule has 1 saturated carbocycles. The van der Waals surface area contributed by atoms with Crippen molar-refractivity contribution in [2.24, 2.45) is 5.92 Å². The van der Waals surface area contributed by atoms with E-state index in [1.165, 1.54) is 15.9 Å². The summed E-state index contributed by atoms with van der Waals surface area (Å²) in [6.07, 6.45) is 0.978. The first-order valence-corrected chi connectivity index (χ1v) is 12.8. The van der Waals surface area contributed by atoms with E-state index in [2.05, 4.69) is 112 Å². The molecule has 0 aliphatic heterocycles. The molecule has 0 bridgehead atoms. The number of benzene rings is 3. The molecule has 3 aromatic rings. The van der Waals surface area contributed by atoms with Gasteiger partial charge in [-0.05, 0) is 33.3 Å². The zero-order valence-electron chi connectivity index (χ0n) is 18.2. The summed E-state index contributed by atoms with van der Waals surface area (Å²) >= 11 is 0. The van der Waals surface area contributed by atoms with Gasteiger partial charge < -0.3 is 9.53 Å². The SMILES string of the molecule is CC(C)(C)[Si](OC[C@]1(c2ccccc2)C[C@@H]1CO)(c1ccccc1)c1ccccc1. The molecule has 0 aromatic heterocycles. The minimum Gasteiger partial charge on any atom is -0.406 e. The summed E-state index contributed by atoms with van der Waals surface area (Å²) in [5.41, 5.74) is 1.19. The Balaban J connectivity index is 1.80. The summed E-state index contributed by atoms with van der Waals surface area (Å²) in [5.74, 6) is 0.262. The van der Waals surface area contributed by atoms with Crippen molar-refractivity contribution in [3.8, 4) is 0 Å². The van der Waals surface area contributed by atoms with Gasteiger partial charge in [-0.2, -0.15) is 0 Å². The van der Waals surface area contributed by atoms with Crippen LogP contribution >= 0.6 is 0 Å². The lowest BCUT2D eigenvalue weighted by Crippen LogP contribution is -2.67. The molecule has 30 heavy (non-hydrogen) atoms. The van der Waals surface area contributed by atoms with Crippen molar-refractivity contribution in [3.63, 3.8) is 0 Å². The summed E-state index contributed by atoms with van der Waals surface area (Å²) in [6, 6.07) is 32.2. The minimum atomic E-state index is -2.58. The first-order valence-electron chi connectivity index (χ1n) is 10.9. The standard InChI is InChI=1S/C27H32O2Si/c1-26(2,3)30(24-15-9-5-10-16-24,25-17-11-6-12-18-25)29-21-27(19-23(27)20-28)22-13-7-4-8-14-22/h4-18,23,28H,19-21H2,1-3H3/t23-,27+/m1/s1. The fourth-order valence-corrected chi connectivity index (χ4v) is 9.63. The maximum atomic E-state index is 9.98. The lowest BCUT2D eigenvalue weighted by Gasteiger charge is -2.44. The molecular weight excluding hydrogens is 384 g/mol. The highest BCUT2D eigenvalue weighted by molar-refractivity contribution is 6.99. The summed E-state index contributed by atoms with van der Waals surface area (Å²) in [4.78, 5) is 0. The molecule has 3 heteroatoms. The van der Waals surface area contributed by atoms with Crippen molar-refractivity contribution in [1.82, 2.24) is 0 Å². The normalized spacial score (nSPS) is 21.4. The average molecular weight is 417 g/mol. The molecule has 0 amide bonds. The van der Waals surface area contributed by atoms with Gasteiger partial charge in [0.2, 0.25) is 0 Å². The first-order chi connectivity index (χ1) is 14.4. The summed E-state index contributed by atoms with van der Waals surface area (Å²) in [6.45, 7) is 7.77. The zero-order chi connectivity index (χ0) is 21.2. The summed E-state index contributed by atoms with van der Waals surface area (Å²) < 4.78 is 7.21. The van der Waals surface area contributed by atoms with E-state index in [4.69, 9.17) is 4.43 Å². The van der Waals surface area contributed by atoms with Crippen LogP contribution in [0.5, 0.6) is 0 Å². The van der Waals surface area contributed by atoms with Gasteiger partial charge in [0, 0.05) is 18.6 Å². The highest BCUT2D eigenvalue weighted by Crippen LogP contribution is 2.55. The molecule has 1 fully saturated rings. The van der Waals surface area contributed by atoms with Crippen LogP contribution in [-0.2, 0) is 9.84 Å². The van der Waals surface area contributed by atoms with Crippen molar-refractivity contribution < 1.29 is 9.53 Å². The third kappa shape index (κ3) is 3.56. The van der Waals surface area contributed by atoms with Gasteiger partial charge in [0.15, 0.2) is 0 Å². The van der Waals surface area contributed by atoms with Gasteiger partial charge in [0.25, 0.3) is 8.32 Å². The van der Waals surface area contributed by atoms with Crippen LogP contribution in [0.25, 0.3) is 0 Å². The quantitative estimate of drug-likeness (QED) is 0.574. The van der Waals surface area contributed by atoms with Crippen LogP contribution < -0.4 is 10.4 Å². The van der Waals surface area contributed by atoms with Crippen LogP contribution in [0.3, 0.4) is 0 Å². The van der Waals surface area contributed by atoms with E-state index in [-0.39, 0.29) is 23.0 Å². The molecule has 3 aromatic carbocycles. The van der Waals surface area contributed by atoms with E-state index in [0.717, 1.165) is 6.42 Å². The van der Waals surface area contributed by atoms with Gasteiger partial charge in [-0.15, -0.1) is 0 Å². The third-order valence-corrected chi connectivity index (χ3v) is 11.7. The van der Waals surface area contributed by atoms with Crippen LogP contribution in [0, 0.1) is 5.92 Å². The Morgan fingerprint density at radius 2 is 1.30 bits per heavy atom. The van der Waals surface area contributed by atoms with Gasteiger partial charge in [0.05, 0.1) is 0 Å². The van der Waals surface area contributed by atoms with E-state index >= 15 is 0 Å². The second-order valence-electron chi connectivity index (χ2n) is 9.56. The van der Waals surface area contributed by atoms with Crippen molar-refractivity contribution in [1.29, 1.82) is 0 Å². The molecule has 4 rings (SSSR count). The topological polar surface area (TPSA) is 29.5 Å². The van der Waals surface area contributed by atoms with Gasteiger partial charge >= 0.3 is 0 Å². The van der Waals surface area contributed by atoms with Crippen LogP contribution in [0.4, 0.5) is 0 Å². The molecule has 0 radical (unpaired) electrons. The van der Waals surface area contributed by atoms with E-state index in [0.29, 0.717) is 6.61 Å². The second-order valence-corrected chi connectivity index (χ2v) is 13.9. The Morgan fingerprint density at radius 3 is 1.70 bits per heavy atom. The Kier molecular flexibility index (Phi) is 5.71. The molecule has 0 heterocycles. The zero-order valence-corrected chi connectivity index (χ0v) is 19.2. The molecule has 2 nitrogen and oxygen atoms in total. The molecule has 2 atom stereocenters. The van der Waals surface area contributed by atoms with E-state index in [9.17, 15) is 5.11 Å². The molecule has 0 unspecified atom stereocenters. The molecule has 0 spiro atoms. The molecular formula is C27H32O2Si. The molecule has 1 N–H and O–H groups in total. The van der Waals surface area contributed by atoms with Crippen LogP contribution in [-0.4, -0.2) is 26.6 Å². The van der Waals surface area contributed by atoms with Gasteiger partial charge in [-0.3, -0.25) is 0 Å². The van der Waals surface area contributed by atoms with Crippen LogP contribution in [0.1, 0.15) is 32.8 Å². The Hall–Kier alpha value is -2.20. The lowest BCUT2D eigenvalue weighted by molar-refractivity contribution is 0.218. The van der Waals surface area contributed by atoms with E-state index < -0.39 is 8.32 Å².